The number of nitrogens with zero attached hydrogens (tertiary/aromatic N) is 1. The first-order valence-electron chi connectivity index (χ1n) is 6.73. The molecule has 1 fully saturated rings. The van der Waals surface area contributed by atoms with Crippen molar-refractivity contribution in [1.82, 2.24) is 0 Å². The van der Waals surface area contributed by atoms with E-state index in [0.29, 0.717) is 17.5 Å². The molecule has 1 aliphatic rings. The van der Waals surface area contributed by atoms with Crippen molar-refractivity contribution in [2.24, 2.45) is 5.92 Å². The van der Waals surface area contributed by atoms with E-state index in [-0.39, 0.29) is 11.7 Å². The average Bonchev–Trinajstić information content (AvgIpc) is 3.13. The molecule has 0 bridgehead atoms. The van der Waals surface area contributed by atoms with Gasteiger partial charge < -0.3 is 4.90 Å². The molecule has 100 valence electrons. The van der Waals surface area contributed by atoms with Crippen LogP contribution < -0.4 is 4.90 Å². The molecule has 1 aromatic carbocycles. The molecule has 1 aromatic rings. The maximum Gasteiger partial charge on any atom is 0.129 e. The van der Waals surface area contributed by atoms with Crippen LogP contribution in [0.3, 0.4) is 0 Å². The number of benzene rings is 1. The van der Waals surface area contributed by atoms with Gasteiger partial charge in [-0.05, 0) is 37.3 Å². The highest BCUT2D eigenvalue weighted by Gasteiger charge is 2.30. The molecule has 2 rings (SSSR count). The third-order valence-corrected chi connectivity index (χ3v) is 3.74. The minimum Gasteiger partial charge on any atom is -0.368 e. The highest BCUT2D eigenvalue weighted by molar-refractivity contribution is 6.17. The van der Waals surface area contributed by atoms with Crippen molar-refractivity contribution >= 4 is 17.3 Å². The van der Waals surface area contributed by atoms with Gasteiger partial charge in [-0.25, -0.2) is 4.39 Å². The Morgan fingerprint density at radius 1 is 1.39 bits per heavy atom. The molecule has 0 aromatic heterocycles. The Labute approximate surface area is 114 Å². The smallest absolute Gasteiger partial charge is 0.129 e. The van der Waals surface area contributed by atoms with E-state index in [1.54, 1.807) is 6.07 Å². The Morgan fingerprint density at radius 2 is 2.11 bits per heavy atom. The lowest BCUT2D eigenvalue weighted by Crippen LogP contribution is -2.28. The van der Waals surface area contributed by atoms with Gasteiger partial charge >= 0.3 is 0 Å². The van der Waals surface area contributed by atoms with Crippen molar-refractivity contribution in [3.05, 3.63) is 29.6 Å². The summed E-state index contributed by atoms with van der Waals surface area (Å²) in [5.41, 5.74) is 1.64. The molecule has 0 radical (unpaired) electrons. The number of hydrogen-bond acceptors (Lipinski definition) is 1. The van der Waals surface area contributed by atoms with Crippen molar-refractivity contribution in [2.75, 3.05) is 11.4 Å². The van der Waals surface area contributed by atoms with E-state index < -0.39 is 0 Å². The summed E-state index contributed by atoms with van der Waals surface area (Å²) in [6.07, 6.45) is 3.57. The standard InChI is InChI=1S/C15H21ClFN/c1-11(2)8-9-18(12-6-7-12)15-5-3-4-14(17)13(15)10-16/h3-5,11-12H,6-10H2,1-2H3. The summed E-state index contributed by atoms with van der Waals surface area (Å²) in [4.78, 5) is 2.35. The Morgan fingerprint density at radius 3 is 2.67 bits per heavy atom. The minimum absolute atomic E-state index is 0.183. The molecule has 18 heavy (non-hydrogen) atoms. The molecule has 0 spiro atoms. The SMILES string of the molecule is CC(C)CCN(c1cccc(F)c1CCl)C1CC1. The summed E-state index contributed by atoms with van der Waals surface area (Å²) >= 11 is 5.90. The lowest BCUT2D eigenvalue weighted by molar-refractivity contribution is 0.567. The van der Waals surface area contributed by atoms with E-state index in [4.69, 9.17) is 11.6 Å². The maximum absolute atomic E-state index is 13.8. The van der Waals surface area contributed by atoms with Crippen molar-refractivity contribution < 1.29 is 4.39 Å². The van der Waals surface area contributed by atoms with E-state index >= 15 is 0 Å². The molecule has 1 nitrogen and oxygen atoms in total. The largest absolute Gasteiger partial charge is 0.368 e. The van der Waals surface area contributed by atoms with Crippen molar-refractivity contribution in [3.63, 3.8) is 0 Å². The predicted molar refractivity (Wildman–Crippen MR) is 75.8 cm³/mol. The third kappa shape index (κ3) is 3.17. The van der Waals surface area contributed by atoms with E-state index in [1.807, 2.05) is 6.07 Å². The van der Waals surface area contributed by atoms with E-state index in [1.165, 1.54) is 18.9 Å². The number of anilines is 1. The van der Waals surface area contributed by atoms with E-state index in [2.05, 4.69) is 18.7 Å². The quantitative estimate of drug-likeness (QED) is 0.684. The molecule has 0 unspecified atom stereocenters. The van der Waals surface area contributed by atoms with Crippen LogP contribution in [0.4, 0.5) is 10.1 Å². The fourth-order valence-electron chi connectivity index (χ4n) is 2.23. The molecule has 1 saturated carbocycles. The van der Waals surface area contributed by atoms with Crippen LogP contribution in [0.2, 0.25) is 0 Å². The Hall–Kier alpha value is -0.760. The second-order valence-corrected chi connectivity index (χ2v) is 5.75. The third-order valence-electron chi connectivity index (χ3n) is 3.47. The number of rotatable bonds is 6. The molecular formula is C15H21ClFN. The molecule has 0 aliphatic heterocycles. The molecule has 0 amide bonds. The summed E-state index contributed by atoms with van der Waals surface area (Å²) in [6.45, 7) is 5.44. The van der Waals surface area contributed by atoms with Gasteiger partial charge in [0.2, 0.25) is 0 Å². The zero-order chi connectivity index (χ0) is 13.1. The zero-order valence-electron chi connectivity index (χ0n) is 11.1. The van der Waals surface area contributed by atoms with Crippen molar-refractivity contribution in [2.45, 2.75) is 45.0 Å². The van der Waals surface area contributed by atoms with Crippen LogP contribution in [-0.4, -0.2) is 12.6 Å². The van der Waals surface area contributed by atoms with Crippen LogP contribution >= 0.6 is 11.6 Å². The van der Waals surface area contributed by atoms with Gasteiger partial charge in [0.15, 0.2) is 0 Å². The Balaban J connectivity index is 2.22. The van der Waals surface area contributed by atoms with Gasteiger partial charge in [0.25, 0.3) is 0 Å². The topological polar surface area (TPSA) is 3.24 Å². The van der Waals surface area contributed by atoms with Crippen molar-refractivity contribution in [3.8, 4) is 0 Å². The molecule has 0 saturated heterocycles. The highest BCUT2D eigenvalue weighted by atomic mass is 35.5. The van der Waals surface area contributed by atoms with Gasteiger partial charge in [-0.1, -0.05) is 19.9 Å². The Bertz CT molecular complexity index is 401. The van der Waals surface area contributed by atoms with Crippen LogP contribution in [0.15, 0.2) is 18.2 Å². The van der Waals surface area contributed by atoms with Crippen LogP contribution in [0.5, 0.6) is 0 Å². The molecular weight excluding hydrogens is 249 g/mol. The summed E-state index contributed by atoms with van der Waals surface area (Å²) in [5, 5.41) is 0. The fraction of sp³-hybridized carbons (Fsp3) is 0.600. The van der Waals surface area contributed by atoms with Gasteiger partial charge in [0, 0.05) is 23.8 Å². The summed E-state index contributed by atoms with van der Waals surface area (Å²) in [7, 11) is 0. The molecule has 0 atom stereocenters. The van der Waals surface area contributed by atoms with Crippen molar-refractivity contribution in [1.29, 1.82) is 0 Å². The summed E-state index contributed by atoms with van der Waals surface area (Å²) in [5.74, 6) is 0.726. The number of alkyl halides is 1. The lowest BCUT2D eigenvalue weighted by atomic mass is 10.1. The van der Waals surface area contributed by atoms with Crippen LogP contribution in [-0.2, 0) is 5.88 Å². The number of halogens is 2. The van der Waals surface area contributed by atoms with E-state index in [0.717, 1.165) is 18.7 Å². The second kappa shape index (κ2) is 5.92. The molecule has 0 N–H and O–H groups in total. The fourth-order valence-corrected chi connectivity index (χ4v) is 2.50. The van der Waals surface area contributed by atoms with Crippen LogP contribution in [0, 0.1) is 11.7 Å². The maximum atomic E-state index is 13.8. The first-order valence-corrected chi connectivity index (χ1v) is 7.27. The monoisotopic (exact) mass is 269 g/mol. The van der Waals surface area contributed by atoms with Crippen LogP contribution in [0.25, 0.3) is 0 Å². The highest BCUT2D eigenvalue weighted by Crippen LogP contribution is 2.35. The van der Waals surface area contributed by atoms with Crippen LogP contribution in [0.1, 0.15) is 38.7 Å². The Kier molecular flexibility index (Phi) is 4.50. The second-order valence-electron chi connectivity index (χ2n) is 5.48. The molecule has 3 heteroatoms. The summed E-state index contributed by atoms with van der Waals surface area (Å²) < 4.78 is 13.8. The van der Waals surface area contributed by atoms with Gasteiger partial charge in [0.05, 0.1) is 5.88 Å². The average molecular weight is 270 g/mol. The van der Waals surface area contributed by atoms with Gasteiger partial charge in [-0.2, -0.15) is 0 Å². The first kappa shape index (κ1) is 13.7. The minimum atomic E-state index is -0.183. The van der Waals surface area contributed by atoms with Gasteiger partial charge in [-0.15, -0.1) is 11.6 Å². The molecule has 1 aliphatic carbocycles. The molecule has 0 heterocycles. The van der Waals surface area contributed by atoms with Gasteiger partial charge in [-0.3, -0.25) is 0 Å². The normalized spacial score (nSPS) is 15.2. The predicted octanol–water partition coefficient (Wildman–Crippen LogP) is 4.58. The zero-order valence-corrected chi connectivity index (χ0v) is 11.9. The lowest BCUT2D eigenvalue weighted by Gasteiger charge is -2.27. The number of hydrogen-bond donors (Lipinski definition) is 0. The van der Waals surface area contributed by atoms with Gasteiger partial charge in [0.1, 0.15) is 5.82 Å². The van der Waals surface area contributed by atoms with E-state index in [9.17, 15) is 4.39 Å². The first-order chi connectivity index (χ1) is 8.63. The summed E-state index contributed by atoms with van der Waals surface area (Å²) in [6, 6.07) is 5.87.